The van der Waals surface area contributed by atoms with Crippen molar-refractivity contribution in [2.45, 2.75) is 46.2 Å². The van der Waals surface area contributed by atoms with Gasteiger partial charge in [0.2, 0.25) is 11.8 Å². The second-order valence-corrected chi connectivity index (χ2v) is 10.3. The maximum atomic E-state index is 13.8. The van der Waals surface area contributed by atoms with Gasteiger partial charge >= 0.3 is 0 Å². The van der Waals surface area contributed by atoms with Crippen molar-refractivity contribution < 1.29 is 18.8 Å². The zero-order valence-electron chi connectivity index (χ0n) is 23.8. The van der Waals surface area contributed by atoms with Crippen molar-refractivity contribution in [2.24, 2.45) is 0 Å². The van der Waals surface area contributed by atoms with E-state index in [9.17, 15) is 14.4 Å². The molecular formula is C34H35N3O4. The number of furan rings is 1. The first-order valence-corrected chi connectivity index (χ1v) is 13.6. The van der Waals surface area contributed by atoms with Gasteiger partial charge in [-0.05, 0) is 67.3 Å². The van der Waals surface area contributed by atoms with E-state index in [4.69, 9.17) is 4.42 Å². The number of rotatable bonds is 10. The summed E-state index contributed by atoms with van der Waals surface area (Å²) in [5.74, 6) is -0.466. The SMILES string of the molecule is Cc1ccc(NC(=O)/C=C\C(=O)N(c2ccc(C(C)C)cc2)[C@@H](C(=O)NCc2ccco2)c2ccc(C)cc2)cc1. The van der Waals surface area contributed by atoms with Crippen LogP contribution < -0.4 is 15.5 Å². The predicted molar refractivity (Wildman–Crippen MR) is 161 cm³/mol. The van der Waals surface area contributed by atoms with E-state index in [1.165, 1.54) is 23.3 Å². The van der Waals surface area contributed by atoms with E-state index in [1.54, 1.807) is 24.3 Å². The van der Waals surface area contributed by atoms with Crippen molar-refractivity contribution in [1.29, 1.82) is 0 Å². The Balaban J connectivity index is 1.69. The summed E-state index contributed by atoms with van der Waals surface area (Å²) in [6, 6.07) is 24.9. The predicted octanol–water partition coefficient (Wildman–Crippen LogP) is 6.61. The normalized spacial score (nSPS) is 11.8. The number of carbonyl (C=O) groups excluding carboxylic acids is 3. The number of anilines is 2. The summed E-state index contributed by atoms with van der Waals surface area (Å²) >= 11 is 0. The Morgan fingerprint density at radius 2 is 1.41 bits per heavy atom. The Bertz CT molecular complexity index is 1490. The smallest absolute Gasteiger partial charge is 0.252 e. The number of aryl methyl sites for hydroxylation is 2. The minimum Gasteiger partial charge on any atom is -0.467 e. The maximum Gasteiger partial charge on any atom is 0.252 e. The minimum absolute atomic E-state index is 0.164. The molecule has 0 aliphatic heterocycles. The lowest BCUT2D eigenvalue weighted by atomic mass is 9.99. The third-order valence-corrected chi connectivity index (χ3v) is 6.69. The first-order chi connectivity index (χ1) is 19.7. The minimum atomic E-state index is -1.01. The molecule has 4 rings (SSSR count). The molecule has 1 heterocycles. The van der Waals surface area contributed by atoms with Gasteiger partial charge in [-0.2, -0.15) is 0 Å². The highest BCUT2D eigenvalue weighted by atomic mass is 16.3. The van der Waals surface area contributed by atoms with Crippen LogP contribution in [0.15, 0.2) is 108 Å². The van der Waals surface area contributed by atoms with E-state index in [0.29, 0.717) is 28.6 Å². The highest BCUT2D eigenvalue weighted by molar-refractivity contribution is 6.10. The van der Waals surface area contributed by atoms with E-state index in [1.807, 2.05) is 74.5 Å². The van der Waals surface area contributed by atoms with Crippen LogP contribution in [0.1, 0.15) is 53.8 Å². The van der Waals surface area contributed by atoms with Gasteiger partial charge in [0.05, 0.1) is 12.8 Å². The Morgan fingerprint density at radius 3 is 2.00 bits per heavy atom. The highest BCUT2D eigenvalue weighted by Gasteiger charge is 2.32. The van der Waals surface area contributed by atoms with Crippen molar-refractivity contribution in [3.8, 4) is 0 Å². The van der Waals surface area contributed by atoms with E-state index < -0.39 is 17.9 Å². The van der Waals surface area contributed by atoms with E-state index in [-0.39, 0.29) is 12.5 Å². The van der Waals surface area contributed by atoms with Crippen LogP contribution in [-0.4, -0.2) is 17.7 Å². The molecule has 2 N–H and O–H groups in total. The molecule has 0 radical (unpaired) electrons. The van der Waals surface area contributed by atoms with Crippen LogP contribution in [0.25, 0.3) is 0 Å². The molecule has 4 aromatic rings. The molecule has 0 saturated carbocycles. The Kier molecular flexibility index (Phi) is 9.53. The Hall–Kier alpha value is -4.91. The van der Waals surface area contributed by atoms with Crippen molar-refractivity contribution in [3.05, 3.63) is 131 Å². The van der Waals surface area contributed by atoms with E-state index in [0.717, 1.165) is 16.7 Å². The monoisotopic (exact) mass is 549 g/mol. The molecule has 1 aromatic heterocycles. The molecule has 1 atom stereocenters. The van der Waals surface area contributed by atoms with Crippen LogP contribution in [0, 0.1) is 13.8 Å². The van der Waals surface area contributed by atoms with E-state index >= 15 is 0 Å². The Morgan fingerprint density at radius 1 is 0.805 bits per heavy atom. The molecule has 7 nitrogen and oxygen atoms in total. The van der Waals surface area contributed by atoms with Crippen LogP contribution in [0.4, 0.5) is 11.4 Å². The first-order valence-electron chi connectivity index (χ1n) is 13.6. The number of amides is 3. The highest BCUT2D eigenvalue weighted by Crippen LogP contribution is 2.30. The van der Waals surface area contributed by atoms with Gasteiger partial charge in [-0.3, -0.25) is 19.3 Å². The molecular weight excluding hydrogens is 514 g/mol. The van der Waals surface area contributed by atoms with Gasteiger partial charge in [0, 0.05) is 23.5 Å². The topological polar surface area (TPSA) is 91.7 Å². The van der Waals surface area contributed by atoms with Gasteiger partial charge < -0.3 is 15.1 Å². The van der Waals surface area contributed by atoms with Gasteiger partial charge in [-0.25, -0.2) is 0 Å². The van der Waals surface area contributed by atoms with Crippen LogP contribution >= 0.6 is 0 Å². The lowest BCUT2D eigenvalue weighted by Crippen LogP contribution is -2.43. The fourth-order valence-corrected chi connectivity index (χ4v) is 4.32. The summed E-state index contributed by atoms with van der Waals surface area (Å²) in [5, 5.41) is 5.67. The number of hydrogen-bond donors (Lipinski definition) is 2. The van der Waals surface area contributed by atoms with Gasteiger partial charge in [-0.1, -0.05) is 73.5 Å². The first kappa shape index (κ1) is 29.1. The van der Waals surface area contributed by atoms with Crippen LogP contribution in [0.3, 0.4) is 0 Å². The average Bonchev–Trinajstić information content (AvgIpc) is 3.49. The number of benzene rings is 3. The van der Waals surface area contributed by atoms with Gasteiger partial charge in [-0.15, -0.1) is 0 Å². The summed E-state index contributed by atoms with van der Waals surface area (Å²) in [6.45, 7) is 8.26. The molecule has 0 unspecified atom stereocenters. The Labute approximate surface area is 240 Å². The largest absolute Gasteiger partial charge is 0.467 e. The fourth-order valence-electron chi connectivity index (χ4n) is 4.32. The fraction of sp³-hybridized carbons (Fsp3) is 0.206. The lowest BCUT2D eigenvalue weighted by Gasteiger charge is -2.31. The molecule has 0 aliphatic rings. The molecule has 3 aromatic carbocycles. The average molecular weight is 550 g/mol. The van der Waals surface area contributed by atoms with Crippen molar-refractivity contribution in [1.82, 2.24) is 5.32 Å². The third-order valence-electron chi connectivity index (χ3n) is 6.69. The van der Waals surface area contributed by atoms with Crippen LogP contribution in [0.5, 0.6) is 0 Å². The zero-order chi connectivity index (χ0) is 29.4. The quantitative estimate of drug-likeness (QED) is 0.218. The number of carbonyl (C=O) groups is 3. The lowest BCUT2D eigenvalue weighted by molar-refractivity contribution is -0.125. The third kappa shape index (κ3) is 7.82. The molecule has 0 fully saturated rings. The summed E-state index contributed by atoms with van der Waals surface area (Å²) in [6.07, 6.45) is 3.92. The van der Waals surface area contributed by atoms with Crippen molar-refractivity contribution in [3.63, 3.8) is 0 Å². The number of hydrogen-bond acceptors (Lipinski definition) is 4. The standard InChI is InChI=1S/C34H35N3O4/c1-23(2)26-13-17-29(18-14-26)37(32(39)20-19-31(38)36-28-15-9-25(4)10-16-28)33(27-11-7-24(3)8-12-27)34(40)35-22-30-6-5-21-41-30/h5-21,23,33H,22H2,1-4H3,(H,35,40)(H,36,38)/b20-19-/t33-/m1/s1. The zero-order valence-corrected chi connectivity index (χ0v) is 23.8. The second-order valence-electron chi connectivity index (χ2n) is 10.3. The maximum absolute atomic E-state index is 13.8. The van der Waals surface area contributed by atoms with Crippen molar-refractivity contribution in [2.75, 3.05) is 10.2 Å². The molecule has 3 amide bonds. The molecule has 41 heavy (non-hydrogen) atoms. The number of nitrogens with zero attached hydrogens (tertiary/aromatic N) is 1. The van der Waals surface area contributed by atoms with Crippen LogP contribution in [0.2, 0.25) is 0 Å². The van der Waals surface area contributed by atoms with Crippen LogP contribution in [-0.2, 0) is 20.9 Å². The molecule has 7 heteroatoms. The summed E-state index contributed by atoms with van der Waals surface area (Å²) in [5.41, 5.74) is 4.97. The van der Waals surface area contributed by atoms with Gasteiger partial charge in [0.1, 0.15) is 11.8 Å². The summed E-state index contributed by atoms with van der Waals surface area (Å²) in [4.78, 5) is 41.7. The summed E-state index contributed by atoms with van der Waals surface area (Å²) < 4.78 is 5.38. The van der Waals surface area contributed by atoms with Gasteiger partial charge in [0.25, 0.3) is 5.91 Å². The van der Waals surface area contributed by atoms with Gasteiger partial charge in [0.15, 0.2) is 0 Å². The molecule has 0 spiro atoms. The van der Waals surface area contributed by atoms with E-state index in [2.05, 4.69) is 24.5 Å². The van der Waals surface area contributed by atoms with Crippen molar-refractivity contribution >= 4 is 29.1 Å². The molecule has 0 aliphatic carbocycles. The second kappa shape index (κ2) is 13.4. The molecule has 0 bridgehead atoms. The molecule has 210 valence electrons. The number of nitrogens with one attached hydrogen (secondary N) is 2. The molecule has 0 saturated heterocycles. The summed E-state index contributed by atoms with van der Waals surface area (Å²) in [7, 11) is 0.